The van der Waals surface area contributed by atoms with Gasteiger partial charge in [-0.1, -0.05) is 6.07 Å². The zero-order chi connectivity index (χ0) is 13.2. The number of rotatable bonds is 2. The van der Waals surface area contributed by atoms with E-state index in [4.69, 9.17) is 4.74 Å². The second kappa shape index (κ2) is 4.76. The van der Waals surface area contributed by atoms with Crippen LogP contribution >= 0.6 is 0 Å². The number of nitrogens with one attached hydrogen (secondary N) is 1. The van der Waals surface area contributed by atoms with Crippen molar-refractivity contribution in [3.05, 3.63) is 58.9 Å². The predicted octanol–water partition coefficient (Wildman–Crippen LogP) is 3.24. The first-order chi connectivity index (χ1) is 9.28. The lowest BCUT2D eigenvalue weighted by molar-refractivity contribution is 0.102. The molecule has 1 aromatic carbocycles. The fourth-order valence-corrected chi connectivity index (χ4v) is 2.43. The molecule has 0 saturated heterocycles. The standard InChI is InChI=1S/C16H15NO2/c1-19-14-7-6-11-4-5-12(16(18)15(11)10-14)9-13-3-2-8-17-13/h2-3,6-10,17H,4-5H2,1H3/b12-9+. The minimum atomic E-state index is 0.106. The van der Waals surface area contributed by atoms with Gasteiger partial charge in [-0.25, -0.2) is 0 Å². The molecule has 0 aliphatic heterocycles. The van der Waals surface area contributed by atoms with Gasteiger partial charge in [-0.15, -0.1) is 0 Å². The summed E-state index contributed by atoms with van der Waals surface area (Å²) < 4.78 is 5.19. The van der Waals surface area contributed by atoms with Gasteiger partial charge < -0.3 is 9.72 Å². The molecule has 0 bridgehead atoms. The van der Waals surface area contributed by atoms with Crippen LogP contribution in [0, 0.1) is 0 Å². The molecule has 0 fully saturated rings. The summed E-state index contributed by atoms with van der Waals surface area (Å²) in [7, 11) is 1.62. The number of benzene rings is 1. The molecule has 1 aliphatic rings. The third-order valence-electron chi connectivity index (χ3n) is 3.47. The molecule has 96 valence electrons. The summed E-state index contributed by atoms with van der Waals surface area (Å²) in [6, 6.07) is 9.61. The summed E-state index contributed by atoms with van der Waals surface area (Å²) in [6.45, 7) is 0. The Kier molecular flexibility index (Phi) is 2.95. The number of aryl methyl sites for hydroxylation is 1. The maximum atomic E-state index is 12.5. The largest absolute Gasteiger partial charge is 0.497 e. The summed E-state index contributed by atoms with van der Waals surface area (Å²) in [5, 5.41) is 0. The first-order valence-electron chi connectivity index (χ1n) is 6.33. The number of aromatic amines is 1. The quantitative estimate of drug-likeness (QED) is 0.835. The van der Waals surface area contributed by atoms with Gasteiger partial charge in [-0.3, -0.25) is 4.79 Å². The second-order valence-electron chi connectivity index (χ2n) is 4.65. The Morgan fingerprint density at radius 1 is 1.26 bits per heavy atom. The smallest absolute Gasteiger partial charge is 0.189 e. The van der Waals surface area contributed by atoms with Gasteiger partial charge in [0.1, 0.15) is 5.75 Å². The lowest BCUT2D eigenvalue weighted by atomic mass is 9.86. The van der Waals surface area contributed by atoms with Crippen LogP contribution in [0.4, 0.5) is 0 Å². The third-order valence-corrected chi connectivity index (χ3v) is 3.47. The zero-order valence-corrected chi connectivity index (χ0v) is 10.8. The summed E-state index contributed by atoms with van der Waals surface area (Å²) in [4.78, 5) is 15.6. The SMILES string of the molecule is COc1ccc2c(c1)C(=O)/C(=C/c1ccc[nH]1)CC2. The molecule has 1 N–H and O–H groups in total. The minimum Gasteiger partial charge on any atom is -0.497 e. The molecule has 0 amide bonds. The molecule has 0 atom stereocenters. The van der Waals surface area contributed by atoms with Crippen molar-refractivity contribution < 1.29 is 9.53 Å². The number of H-pyrrole nitrogens is 1. The van der Waals surface area contributed by atoms with E-state index in [1.807, 2.05) is 42.6 Å². The number of ether oxygens (including phenoxy) is 1. The van der Waals surface area contributed by atoms with Crippen LogP contribution in [0.3, 0.4) is 0 Å². The van der Waals surface area contributed by atoms with Crippen LogP contribution in [-0.2, 0) is 6.42 Å². The Morgan fingerprint density at radius 3 is 2.89 bits per heavy atom. The van der Waals surface area contributed by atoms with Crippen molar-refractivity contribution in [1.82, 2.24) is 4.98 Å². The fraction of sp³-hybridized carbons (Fsp3) is 0.188. The average molecular weight is 253 g/mol. The minimum absolute atomic E-state index is 0.106. The van der Waals surface area contributed by atoms with Gasteiger partial charge in [0.25, 0.3) is 0 Å². The molecule has 1 aromatic heterocycles. The van der Waals surface area contributed by atoms with E-state index >= 15 is 0 Å². The summed E-state index contributed by atoms with van der Waals surface area (Å²) >= 11 is 0. The van der Waals surface area contributed by atoms with Gasteiger partial charge in [0.2, 0.25) is 0 Å². The van der Waals surface area contributed by atoms with E-state index in [0.29, 0.717) is 0 Å². The van der Waals surface area contributed by atoms with Gasteiger partial charge in [0.15, 0.2) is 5.78 Å². The van der Waals surface area contributed by atoms with Crippen molar-refractivity contribution in [2.24, 2.45) is 0 Å². The molecule has 19 heavy (non-hydrogen) atoms. The highest BCUT2D eigenvalue weighted by molar-refractivity contribution is 6.13. The normalized spacial score (nSPS) is 16.5. The Hall–Kier alpha value is -2.29. The van der Waals surface area contributed by atoms with Gasteiger partial charge >= 0.3 is 0 Å². The van der Waals surface area contributed by atoms with E-state index in [2.05, 4.69) is 4.98 Å². The van der Waals surface area contributed by atoms with E-state index < -0.39 is 0 Å². The molecular formula is C16H15NO2. The number of ketones is 1. The first kappa shape index (κ1) is 11.8. The molecular weight excluding hydrogens is 238 g/mol. The van der Waals surface area contributed by atoms with Crippen molar-refractivity contribution in [3.8, 4) is 5.75 Å². The number of allylic oxidation sites excluding steroid dienone is 1. The van der Waals surface area contributed by atoms with Gasteiger partial charge in [-0.05, 0) is 48.7 Å². The topological polar surface area (TPSA) is 42.1 Å². The van der Waals surface area contributed by atoms with Crippen LogP contribution in [0.25, 0.3) is 6.08 Å². The van der Waals surface area contributed by atoms with Crippen LogP contribution in [0.15, 0.2) is 42.1 Å². The van der Waals surface area contributed by atoms with Gasteiger partial charge in [0, 0.05) is 23.0 Å². The number of carbonyl (C=O) groups excluding carboxylic acids is 1. The monoisotopic (exact) mass is 253 g/mol. The van der Waals surface area contributed by atoms with E-state index in [-0.39, 0.29) is 5.78 Å². The van der Waals surface area contributed by atoms with E-state index in [1.54, 1.807) is 7.11 Å². The van der Waals surface area contributed by atoms with Crippen LogP contribution in [0.5, 0.6) is 5.75 Å². The Morgan fingerprint density at radius 2 is 2.16 bits per heavy atom. The van der Waals surface area contributed by atoms with Gasteiger partial charge in [-0.2, -0.15) is 0 Å². The molecule has 1 aliphatic carbocycles. The Labute approximate surface area is 111 Å². The Bertz CT molecular complexity index is 639. The number of hydrogen-bond acceptors (Lipinski definition) is 2. The zero-order valence-electron chi connectivity index (χ0n) is 10.8. The number of hydrogen-bond donors (Lipinski definition) is 1. The Balaban J connectivity index is 1.99. The van der Waals surface area contributed by atoms with Crippen molar-refractivity contribution in [2.45, 2.75) is 12.8 Å². The van der Waals surface area contributed by atoms with Crippen LogP contribution < -0.4 is 4.74 Å². The van der Waals surface area contributed by atoms with Crippen molar-refractivity contribution in [2.75, 3.05) is 7.11 Å². The van der Waals surface area contributed by atoms with Gasteiger partial charge in [0.05, 0.1) is 7.11 Å². The van der Waals surface area contributed by atoms with E-state index in [1.165, 1.54) is 0 Å². The highest BCUT2D eigenvalue weighted by Crippen LogP contribution is 2.29. The lowest BCUT2D eigenvalue weighted by Crippen LogP contribution is -2.14. The highest BCUT2D eigenvalue weighted by atomic mass is 16.5. The van der Waals surface area contributed by atoms with E-state index in [0.717, 1.165) is 41.0 Å². The van der Waals surface area contributed by atoms with Crippen LogP contribution in [0.1, 0.15) is 28.0 Å². The molecule has 3 heteroatoms. The van der Waals surface area contributed by atoms with E-state index in [9.17, 15) is 4.79 Å². The lowest BCUT2D eigenvalue weighted by Gasteiger charge is -2.18. The molecule has 0 saturated carbocycles. The summed E-state index contributed by atoms with van der Waals surface area (Å²) in [5.41, 5.74) is 3.69. The molecule has 0 radical (unpaired) electrons. The molecule has 2 aromatic rings. The van der Waals surface area contributed by atoms with Crippen molar-refractivity contribution in [3.63, 3.8) is 0 Å². The maximum absolute atomic E-state index is 12.5. The summed E-state index contributed by atoms with van der Waals surface area (Å²) in [6.07, 6.45) is 5.48. The van der Waals surface area contributed by atoms with Crippen molar-refractivity contribution in [1.29, 1.82) is 0 Å². The fourth-order valence-electron chi connectivity index (χ4n) is 2.43. The second-order valence-corrected chi connectivity index (χ2v) is 4.65. The van der Waals surface area contributed by atoms with Crippen LogP contribution in [-0.4, -0.2) is 17.9 Å². The van der Waals surface area contributed by atoms with Crippen LogP contribution in [0.2, 0.25) is 0 Å². The molecule has 0 unspecified atom stereocenters. The maximum Gasteiger partial charge on any atom is 0.189 e. The number of fused-ring (bicyclic) bond motifs is 1. The third kappa shape index (κ3) is 2.19. The number of Topliss-reactive ketones (excluding diaryl/α,β-unsaturated/α-hetero) is 1. The number of aromatic nitrogens is 1. The summed E-state index contributed by atoms with van der Waals surface area (Å²) in [5.74, 6) is 0.836. The predicted molar refractivity (Wildman–Crippen MR) is 74.4 cm³/mol. The first-order valence-corrected chi connectivity index (χ1v) is 6.33. The molecule has 3 rings (SSSR count). The average Bonchev–Trinajstić information content (AvgIpc) is 2.95. The highest BCUT2D eigenvalue weighted by Gasteiger charge is 2.22. The molecule has 0 spiro atoms. The molecule has 3 nitrogen and oxygen atoms in total. The molecule has 1 heterocycles. The van der Waals surface area contributed by atoms with Crippen molar-refractivity contribution >= 4 is 11.9 Å². The number of methoxy groups -OCH3 is 1. The number of carbonyl (C=O) groups is 1.